The fourth-order valence-corrected chi connectivity index (χ4v) is 5.91. The Bertz CT molecular complexity index is 1240. The van der Waals surface area contributed by atoms with Gasteiger partial charge < -0.3 is 14.2 Å². The summed E-state index contributed by atoms with van der Waals surface area (Å²) in [6, 6.07) is 26.4. The van der Waals surface area contributed by atoms with Gasteiger partial charge in [0.15, 0.2) is 0 Å². The zero-order valence-electron chi connectivity index (χ0n) is 20.3. The van der Waals surface area contributed by atoms with Gasteiger partial charge in [0.1, 0.15) is 12.4 Å². The molecule has 0 unspecified atom stereocenters. The first-order valence-corrected chi connectivity index (χ1v) is 13.5. The molecule has 3 aromatic carbocycles. The van der Waals surface area contributed by atoms with Gasteiger partial charge in [-0.25, -0.2) is 0 Å². The minimum absolute atomic E-state index is 0.726. The average Bonchev–Trinajstić information content (AvgIpc) is 3.04. The molecular weight excluding hydrogens is 436 g/mol. The largest absolute Gasteiger partial charge is 0.492 e. The number of thioether (sulfide) groups is 1. The van der Waals surface area contributed by atoms with Crippen molar-refractivity contribution in [2.45, 2.75) is 37.6 Å². The molecule has 5 rings (SSSR count). The normalized spacial score (nSPS) is 13.0. The van der Waals surface area contributed by atoms with Crippen LogP contribution in [-0.4, -0.2) is 42.0 Å². The van der Waals surface area contributed by atoms with Crippen molar-refractivity contribution in [3.8, 4) is 17.0 Å². The van der Waals surface area contributed by atoms with Gasteiger partial charge in [-0.2, -0.15) is 0 Å². The van der Waals surface area contributed by atoms with Gasteiger partial charge in [-0.05, 0) is 61.8 Å². The minimum Gasteiger partial charge on any atom is -0.492 e. The van der Waals surface area contributed by atoms with Crippen molar-refractivity contribution in [2.75, 3.05) is 32.5 Å². The molecule has 0 saturated carbocycles. The third kappa shape index (κ3) is 4.89. The van der Waals surface area contributed by atoms with Gasteiger partial charge in [0.2, 0.25) is 0 Å². The van der Waals surface area contributed by atoms with Crippen molar-refractivity contribution in [1.29, 1.82) is 0 Å². The molecule has 0 amide bonds. The van der Waals surface area contributed by atoms with Gasteiger partial charge in [0.25, 0.3) is 0 Å². The van der Waals surface area contributed by atoms with E-state index >= 15 is 0 Å². The maximum absolute atomic E-state index is 6.02. The first-order chi connectivity index (χ1) is 16.7. The Balaban J connectivity index is 1.39. The summed E-state index contributed by atoms with van der Waals surface area (Å²) in [5.74, 6) is 2.07. The molecule has 3 nitrogen and oxygen atoms in total. The molecule has 176 valence electrons. The highest BCUT2D eigenvalue weighted by molar-refractivity contribution is 7.99. The lowest BCUT2D eigenvalue weighted by Crippen LogP contribution is -2.25. The monoisotopic (exact) mass is 470 g/mol. The summed E-state index contributed by atoms with van der Waals surface area (Å²) in [6.07, 6.45) is 3.57. The Morgan fingerprint density at radius 3 is 2.59 bits per heavy atom. The van der Waals surface area contributed by atoms with E-state index in [-0.39, 0.29) is 0 Å². The molecule has 0 aliphatic carbocycles. The van der Waals surface area contributed by atoms with Crippen LogP contribution in [0.3, 0.4) is 0 Å². The molecule has 1 aromatic heterocycles. The van der Waals surface area contributed by atoms with E-state index in [0.717, 1.165) is 44.2 Å². The molecule has 2 heterocycles. The summed E-state index contributed by atoms with van der Waals surface area (Å²) < 4.78 is 8.54. The second kappa shape index (κ2) is 10.7. The average molecular weight is 471 g/mol. The minimum atomic E-state index is 0.726. The zero-order chi connectivity index (χ0) is 23.3. The predicted molar refractivity (Wildman–Crippen MR) is 145 cm³/mol. The zero-order valence-corrected chi connectivity index (χ0v) is 21.1. The third-order valence-corrected chi connectivity index (χ3v) is 7.80. The summed E-state index contributed by atoms with van der Waals surface area (Å²) >= 11 is 1.98. The molecule has 0 radical (unpaired) electrons. The topological polar surface area (TPSA) is 17.4 Å². The number of ether oxygens (including phenoxy) is 1. The van der Waals surface area contributed by atoms with Crippen molar-refractivity contribution in [2.24, 2.45) is 0 Å². The van der Waals surface area contributed by atoms with Gasteiger partial charge in [-0.3, -0.25) is 0 Å². The van der Waals surface area contributed by atoms with Gasteiger partial charge in [-0.1, -0.05) is 61.9 Å². The number of rotatable bonds is 9. The van der Waals surface area contributed by atoms with Crippen LogP contribution in [0, 0.1) is 0 Å². The smallest absolute Gasteiger partial charge is 0.119 e. The number of aromatic nitrogens is 1. The van der Waals surface area contributed by atoms with Crippen molar-refractivity contribution in [3.05, 3.63) is 83.9 Å². The molecule has 0 spiro atoms. The van der Waals surface area contributed by atoms with Crippen LogP contribution in [0.5, 0.6) is 5.75 Å². The molecule has 0 fully saturated rings. The number of unbranched alkanes of at least 4 members (excludes halogenated alkanes) is 1. The second-order valence-corrected chi connectivity index (χ2v) is 10.3. The number of likely N-dealkylation sites (N-methyl/N-ethyl adjacent to an activating group) is 1. The Morgan fingerprint density at radius 1 is 0.941 bits per heavy atom. The van der Waals surface area contributed by atoms with E-state index in [2.05, 4.69) is 96.2 Å². The quantitative estimate of drug-likeness (QED) is 0.259. The van der Waals surface area contributed by atoms with Crippen LogP contribution in [0.2, 0.25) is 0 Å². The van der Waals surface area contributed by atoms with Crippen LogP contribution in [0.25, 0.3) is 22.2 Å². The molecule has 1 aliphatic heterocycles. The molecular formula is C30H34N2OS. The molecule has 4 heteroatoms. The summed E-state index contributed by atoms with van der Waals surface area (Å²) in [5.41, 5.74) is 6.86. The summed E-state index contributed by atoms with van der Waals surface area (Å²) in [4.78, 5) is 3.73. The second-order valence-electron chi connectivity index (χ2n) is 9.17. The Morgan fingerprint density at radius 2 is 1.74 bits per heavy atom. The fourth-order valence-electron chi connectivity index (χ4n) is 4.88. The molecule has 0 atom stereocenters. The van der Waals surface area contributed by atoms with Crippen molar-refractivity contribution < 1.29 is 4.74 Å². The first-order valence-electron chi connectivity index (χ1n) is 12.5. The third-order valence-electron chi connectivity index (χ3n) is 6.73. The lowest BCUT2D eigenvalue weighted by Gasteiger charge is -2.17. The van der Waals surface area contributed by atoms with Crippen molar-refractivity contribution in [3.63, 3.8) is 0 Å². The molecule has 4 aromatic rings. The van der Waals surface area contributed by atoms with Gasteiger partial charge in [0, 0.05) is 40.2 Å². The van der Waals surface area contributed by atoms with Gasteiger partial charge in [0.05, 0.1) is 5.69 Å². The van der Waals surface area contributed by atoms with Gasteiger partial charge in [-0.15, -0.1) is 11.8 Å². The highest BCUT2D eigenvalue weighted by atomic mass is 32.2. The molecule has 0 saturated heterocycles. The van der Waals surface area contributed by atoms with E-state index in [1.165, 1.54) is 51.0 Å². The highest BCUT2D eigenvalue weighted by Crippen LogP contribution is 2.42. The van der Waals surface area contributed by atoms with E-state index in [0.29, 0.717) is 0 Å². The molecule has 0 bridgehead atoms. The number of nitrogens with zero attached hydrogens (tertiary/aromatic N) is 2. The highest BCUT2D eigenvalue weighted by Gasteiger charge is 2.23. The maximum atomic E-state index is 6.02. The lowest BCUT2D eigenvalue weighted by atomic mass is 10.0. The van der Waals surface area contributed by atoms with E-state index in [4.69, 9.17) is 4.74 Å². The number of fused-ring (bicyclic) bond motifs is 5. The first kappa shape index (κ1) is 23.1. The van der Waals surface area contributed by atoms with E-state index < -0.39 is 0 Å². The molecule has 0 N–H and O–H groups in total. The van der Waals surface area contributed by atoms with Crippen LogP contribution in [0.15, 0.2) is 77.7 Å². The number of hydrogen-bond acceptors (Lipinski definition) is 3. The number of aryl methyl sites for hydroxylation is 1. The Kier molecular flexibility index (Phi) is 7.27. The molecule has 1 aliphatic rings. The fraction of sp³-hybridized carbons (Fsp3) is 0.333. The number of benzene rings is 3. The molecule has 34 heavy (non-hydrogen) atoms. The summed E-state index contributed by atoms with van der Waals surface area (Å²) in [5, 5.41) is 1.39. The van der Waals surface area contributed by atoms with Crippen LogP contribution in [0.1, 0.15) is 30.9 Å². The standard InChI is InChI=1S/C30H34N2OS/c1-3-4-18-31(2)19-20-33-24-15-13-23(14-16-24)22-32-28-11-7-5-9-25(28)26-17-21-34-29-12-8-6-10-27(29)30(26)32/h5-16H,3-4,17-22H2,1-2H3. The maximum Gasteiger partial charge on any atom is 0.119 e. The Hall–Kier alpha value is -2.69. The van der Waals surface area contributed by atoms with Gasteiger partial charge >= 0.3 is 0 Å². The SMILES string of the molecule is CCCCN(C)CCOc1ccc(Cn2c3c(c4ccccc42)CCSc2ccccc2-3)cc1. The number of para-hydroxylation sites is 1. The van der Waals surface area contributed by atoms with Crippen LogP contribution >= 0.6 is 11.8 Å². The lowest BCUT2D eigenvalue weighted by molar-refractivity contribution is 0.235. The van der Waals surface area contributed by atoms with Crippen LogP contribution < -0.4 is 4.74 Å². The Labute approximate surface area is 207 Å². The van der Waals surface area contributed by atoms with E-state index in [1.54, 1.807) is 0 Å². The predicted octanol–water partition coefficient (Wildman–Crippen LogP) is 7.12. The van der Waals surface area contributed by atoms with Crippen LogP contribution in [-0.2, 0) is 13.0 Å². The van der Waals surface area contributed by atoms with E-state index in [9.17, 15) is 0 Å². The van der Waals surface area contributed by atoms with E-state index in [1.807, 2.05) is 11.8 Å². The van der Waals surface area contributed by atoms with Crippen LogP contribution in [0.4, 0.5) is 0 Å². The number of hydrogen-bond donors (Lipinski definition) is 0. The summed E-state index contributed by atoms with van der Waals surface area (Å²) in [7, 11) is 2.17. The van der Waals surface area contributed by atoms with Crippen molar-refractivity contribution in [1.82, 2.24) is 9.47 Å². The van der Waals surface area contributed by atoms with Crippen molar-refractivity contribution >= 4 is 22.7 Å². The summed E-state index contributed by atoms with van der Waals surface area (Å²) in [6.45, 7) is 5.91.